The normalized spacial score (nSPS) is 17.6. The van der Waals surface area contributed by atoms with Gasteiger partial charge in [0.1, 0.15) is 5.82 Å². The second kappa shape index (κ2) is 4.53. The van der Waals surface area contributed by atoms with Gasteiger partial charge in [0.2, 0.25) is 5.91 Å². The molecule has 98 valence electrons. The van der Waals surface area contributed by atoms with Gasteiger partial charge in [-0.05, 0) is 18.1 Å². The van der Waals surface area contributed by atoms with E-state index in [4.69, 9.17) is 0 Å². The molecule has 0 radical (unpaired) electrons. The second-order valence-corrected chi connectivity index (χ2v) is 4.88. The van der Waals surface area contributed by atoms with E-state index < -0.39 is 0 Å². The van der Waals surface area contributed by atoms with Gasteiger partial charge in [-0.25, -0.2) is 4.98 Å². The maximum atomic E-state index is 12.0. The van der Waals surface area contributed by atoms with Crippen molar-refractivity contribution in [1.82, 2.24) is 9.97 Å². The lowest BCUT2D eigenvalue weighted by Gasteiger charge is -2.22. The summed E-state index contributed by atoms with van der Waals surface area (Å²) >= 11 is 0. The average molecular weight is 255 g/mol. The predicted octanol–water partition coefficient (Wildman–Crippen LogP) is 2.62. The first-order valence-corrected chi connectivity index (χ1v) is 6.62. The van der Waals surface area contributed by atoms with E-state index in [9.17, 15) is 4.79 Å². The topological polar surface area (TPSA) is 49.0 Å². The molecule has 1 aromatic heterocycles. The Morgan fingerprint density at radius 3 is 2.95 bits per heavy atom. The van der Waals surface area contributed by atoms with Gasteiger partial charge < -0.3 is 9.88 Å². The number of aromatic amines is 1. The van der Waals surface area contributed by atoms with Crippen LogP contribution in [0, 0.1) is 0 Å². The Hall–Kier alpha value is -2.10. The number of nitrogens with zero attached hydrogens (tertiary/aromatic N) is 2. The number of hydrogen-bond donors (Lipinski definition) is 1. The van der Waals surface area contributed by atoms with Crippen molar-refractivity contribution in [3.05, 3.63) is 47.5 Å². The summed E-state index contributed by atoms with van der Waals surface area (Å²) in [6, 6.07) is 8.06. The number of carbonyl (C=O) groups excluding carboxylic acids is 1. The molecule has 3 rings (SSSR count). The monoisotopic (exact) mass is 255 g/mol. The Balaban J connectivity index is 2.01. The molecule has 0 saturated carbocycles. The summed E-state index contributed by atoms with van der Waals surface area (Å²) in [5.74, 6) is 0.938. The SMILES string of the molecule is CCc1cnc(C2Cc3ccccc3N2C(C)=O)[nH]1. The van der Waals surface area contributed by atoms with Crippen molar-refractivity contribution in [2.45, 2.75) is 32.7 Å². The van der Waals surface area contributed by atoms with E-state index in [0.29, 0.717) is 0 Å². The minimum atomic E-state index is -0.00444. The third kappa shape index (κ3) is 1.93. The summed E-state index contributed by atoms with van der Waals surface area (Å²) in [4.78, 5) is 21.5. The lowest BCUT2D eigenvalue weighted by molar-refractivity contribution is -0.117. The first kappa shape index (κ1) is 12.0. The summed E-state index contributed by atoms with van der Waals surface area (Å²) in [5.41, 5.74) is 3.32. The summed E-state index contributed by atoms with van der Waals surface area (Å²) in [7, 11) is 0. The molecule has 4 nitrogen and oxygen atoms in total. The highest BCUT2D eigenvalue weighted by atomic mass is 16.2. The number of imidazole rings is 1. The highest BCUT2D eigenvalue weighted by molar-refractivity contribution is 5.94. The number of fused-ring (bicyclic) bond motifs is 1. The van der Waals surface area contributed by atoms with E-state index in [0.717, 1.165) is 30.0 Å². The molecular formula is C15H17N3O. The highest BCUT2D eigenvalue weighted by Crippen LogP contribution is 2.39. The molecule has 0 aliphatic carbocycles. The molecule has 1 N–H and O–H groups in total. The number of amides is 1. The lowest BCUT2D eigenvalue weighted by atomic mass is 10.1. The molecular weight excluding hydrogens is 238 g/mol. The smallest absolute Gasteiger partial charge is 0.224 e. The molecule has 1 aliphatic heterocycles. The van der Waals surface area contributed by atoms with Gasteiger partial charge in [-0.15, -0.1) is 0 Å². The average Bonchev–Trinajstić information content (AvgIpc) is 3.02. The predicted molar refractivity (Wildman–Crippen MR) is 74.0 cm³/mol. The minimum absolute atomic E-state index is 0.00444. The third-order valence-electron chi connectivity index (χ3n) is 3.66. The first-order chi connectivity index (χ1) is 9.20. The third-order valence-corrected chi connectivity index (χ3v) is 3.66. The van der Waals surface area contributed by atoms with E-state index in [1.54, 1.807) is 6.92 Å². The molecule has 19 heavy (non-hydrogen) atoms. The zero-order valence-electron chi connectivity index (χ0n) is 11.2. The fraction of sp³-hybridized carbons (Fsp3) is 0.333. The van der Waals surface area contributed by atoms with Crippen molar-refractivity contribution >= 4 is 11.6 Å². The molecule has 1 atom stereocenters. The molecule has 1 unspecified atom stereocenters. The van der Waals surface area contributed by atoms with Crippen LogP contribution in [-0.2, 0) is 17.6 Å². The quantitative estimate of drug-likeness (QED) is 0.896. The molecule has 2 aromatic rings. The van der Waals surface area contributed by atoms with E-state index in [1.165, 1.54) is 5.56 Å². The standard InChI is InChI=1S/C15H17N3O/c1-3-12-9-16-15(17-12)14-8-11-6-4-5-7-13(11)18(14)10(2)19/h4-7,9,14H,3,8H2,1-2H3,(H,16,17). The maximum absolute atomic E-state index is 12.0. The number of benzene rings is 1. The number of hydrogen-bond acceptors (Lipinski definition) is 2. The van der Waals surface area contributed by atoms with Gasteiger partial charge in [0.05, 0.1) is 6.04 Å². The largest absolute Gasteiger partial charge is 0.344 e. The van der Waals surface area contributed by atoms with Crippen molar-refractivity contribution in [3.8, 4) is 0 Å². The van der Waals surface area contributed by atoms with Gasteiger partial charge in [-0.1, -0.05) is 25.1 Å². The van der Waals surface area contributed by atoms with E-state index in [2.05, 4.69) is 23.0 Å². The number of rotatable bonds is 2. The van der Waals surface area contributed by atoms with Crippen LogP contribution in [0.4, 0.5) is 5.69 Å². The molecule has 0 bridgehead atoms. The van der Waals surface area contributed by atoms with Gasteiger partial charge in [-0.3, -0.25) is 4.79 Å². The number of carbonyl (C=O) groups is 1. The van der Waals surface area contributed by atoms with Gasteiger partial charge in [0.15, 0.2) is 0 Å². The Bertz CT molecular complexity index is 617. The van der Waals surface area contributed by atoms with Crippen LogP contribution in [0.2, 0.25) is 0 Å². The Labute approximate surface area is 112 Å². The van der Waals surface area contributed by atoms with Crippen molar-refractivity contribution in [3.63, 3.8) is 0 Å². The zero-order valence-corrected chi connectivity index (χ0v) is 11.2. The van der Waals surface area contributed by atoms with Crippen LogP contribution in [0.25, 0.3) is 0 Å². The summed E-state index contributed by atoms with van der Waals surface area (Å²) in [6.45, 7) is 3.70. The molecule has 4 heteroatoms. The van der Waals surface area contributed by atoms with Gasteiger partial charge in [-0.2, -0.15) is 0 Å². The fourth-order valence-corrected chi connectivity index (χ4v) is 2.72. The highest BCUT2D eigenvalue weighted by Gasteiger charge is 2.34. The van der Waals surface area contributed by atoms with Crippen molar-refractivity contribution in [2.24, 2.45) is 0 Å². The van der Waals surface area contributed by atoms with Crippen molar-refractivity contribution in [1.29, 1.82) is 0 Å². The molecule has 2 heterocycles. The number of nitrogens with one attached hydrogen (secondary N) is 1. The van der Waals surface area contributed by atoms with Crippen LogP contribution in [0.3, 0.4) is 0 Å². The molecule has 0 spiro atoms. The van der Waals surface area contributed by atoms with E-state index in [-0.39, 0.29) is 11.9 Å². The van der Waals surface area contributed by atoms with Crippen molar-refractivity contribution < 1.29 is 4.79 Å². The summed E-state index contributed by atoms with van der Waals surface area (Å²) < 4.78 is 0. The lowest BCUT2D eigenvalue weighted by Crippen LogP contribution is -2.30. The van der Waals surface area contributed by atoms with Gasteiger partial charge in [0.25, 0.3) is 0 Å². The van der Waals surface area contributed by atoms with E-state index in [1.807, 2.05) is 29.3 Å². The molecule has 1 amide bonds. The van der Waals surface area contributed by atoms with Crippen LogP contribution >= 0.6 is 0 Å². The van der Waals surface area contributed by atoms with Crippen LogP contribution < -0.4 is 4.90 Å². The van der Waals surface area contributed by atoms with Crippen LogP contribution in [0.1, 0.15) is 37.0 Å². The summed E-state index contributed by atoms with van der Waals surface area (Å²) in [6.07, 6.45) is 3.61. The molecule has 0 saturated heterocycles. The zero-order chi connectivity index (χ0) is 13.4. The molecule has 1 aromatic carbocycles. The first-order valence-electron chi connectivity index (χ1n) is 6.62. The van der Waals surface area contributed by atoms with Crippen LogP contribution in [-0.4, -0.2) is 15.9 Å². The number of H-pyrrole nitrogens is 1. The van der Waals surface area contributed by atoms with Gasteiger partial charge >= 0.3 is 0 Å². The van der Waals surface area contributed by atoms with Crippen molar-refractivity contribution in [2.75, 3.05) is 4.90 Å². The Morgan fingerprint density at radius 2 is 2.26 bits per heavy atom. The molecule has 1 aliphatic rings. The Morgan fingerprint density at radius 1 is 1.47 bits per heavy atom. The fourth-order valence-electron chi connectivity index (χ4n) is 2.72. The summed E-state index contributed by atoms with van der Waals surface area (Å²) in [5, 5.41) is 0. The Kier molecular flexibility index (Phi) is 2.85. The number of anilines is 1. The number of aryl methyl sites for hydroxylation is 1. The maximum Gasteiger partial charge on any atom is 0.224 e. The number of para-hydroxylation sites is 1. The van der Waals surface area contributed by atoms with Crippen LogP contribution in [0.15, 0.2) is 30.5 Å². The number of aromatic nitrogens is 2. The van der Waals surface area contributed by atoms with Gasteiger partial charge in [0, 0.05) is 30.9 Å². The van der Waals surface area contributed by atoms with Crippen LogP contribution in [0.5, 0.6) is 0 Å². The minimum Gasteiger partial charge on any atom is -0.344 e. The molecule has 0 fully saturated rings. The van der Waals surface area contributed by atoms with E-state index >= 15 is 0 Å². The second-order valence-electron chi connectivity index (χ2n) is 4.88.